The Morgan fingerprint density at radius 1 is 1.38 bits per heavy atom. The molecule has 0 radical (unpaired) electrons. The Balaban J connectivity index is 2.02. The Kier molecular flexibility index (Phi) is 2.68. The first-order chi connectivity index (χ1) is 7.37. The second-order valence-electron chi connectivity index (χ2n) is 5.73. The van der Waals surface area contributed by atoms with Crippen LogP contribution in [0.2, 0.25) is 0 Å². The molecule has 2 atom stereocenters. The van der Waals surface area contributed by atoms with Crippen LogP contribution < -0.4 is 0 Å². The second kappa shape index (κ2) is 3.75. The van der Waals surface area contributed by atoms with Crippen molar-refractivity contribution in [1.82, 2.24) is 4.90 Å². The predicted molar refractivity (Wildman–Crippen MR) is 59.1 cm³/mol. The first kappa shape index (κ1) is 11.4. The van der Waals surface area contributed by atoms with Crippen LogP contribution in [-0.2, 0) is 9.53 Å². The molecule has 0 spiro atoms. The normalized spacial score (nSPS) is 29.4. The molecule has 2 heterocycles. The summed E-state index contributed by atoms with van der Waals surface area (Å²) in [6, 6.07) is 0.0762. The largest absolute Gasteiger partial charge is 0.444 e. The summed E-state index contributed by atoms with van der Waals surface area (Å²) in [5.74, 6) is 0.369. The molecule has 3 rings (SSSR count). The Morgan fingerprint density at radius 3 is 2.50 bits per heavy atom. The number of piperidine rings is 2. The van der Waals surface area contributed by atoms with E-state index in [0.717, 1.165) is 12.8 Å². The lowest BCUT2D eigenvalue weighted by molar-refractivity contribution is -0.131. The second-order valence-corrected chi connectivity index (χ2v) is 5.73. The van der Waals surface area contributed by atoms with Crippen LogP contribution in [0.3, 0.4) is 0 Å². The number of carbonyl (C=O) groups excluding carboxylic acids is 2. The maximum absolute atomic E-state index is 11.9. The van der Waals surface area contributed by atoms with E-state index in [1.54, 1.807) is 4.90 Å². The van der Waals surface area contributed by atoms with Crippen molar-refractivity contribution in [3.63, 3.8) is 0 Å². The van der Waals surface area contributed by atoms with Gasteiger partial charge in [0, 0.05) is 24.9 Å². The average Bonchev–Trinajstić information content (AvgIpc) is 2.15. The number of rotatable bonds is 0. The molecule has 1 amide bonds. The van der Waals surface area contributed by atoms with Crippen molar-refractivity contribution < 1.29 is 14.3 Å². The van der Waals surface area contributed by atoms with Crippen molar-refractivity contribution in [2.24, 2.45) is 5.92 Å². The zero-order valence-corrected chi connectivity index (χ0v) is 10.2. The lowest BCUT2D eigenvalue weighted by Crippen LogP contribution is -2.55. The molecule has 0 unspecified atom stereocenters. The van der Waals surface area contributed by atoms with Crippen molar-refractivity contribution in [2.75, 3.05) is 6.54 Å². The van der Waals surface area contributed by atoms with Gasteiger partial charge in [-0.05, 0) is 33.6 Å². The number of fused-ring (bicyclic) bond motifs is 3. The molecule has 0 aromatic carbocycles. The third kappa shape index (κ3) is 2.20. The highest BCUT2D eigenvalue weighted by Crippen LogP contribution is 2.33. The summed E-state index contributed by atoms with van der Waals surface area (Å²) in [7, 11) is 0. The Bertz CT molecular complexity index is 319. The van der Waals surface area contributed by atoms with Gasteiger partial charge < -0.3 is 9.64 Å². The van der Waals surface area contributed by atoms with Crippen LogP contribution in [0.15, 0.2) is 0 Å². The summed E-state index contributed by atoms with van der Waals surface area (Å²) in [4.78, 5) is 25.2. The van der Waals surface area contributed by atoms with Gasteiger partial charge in [0.15, 0.2) is 0 Å². The number of ether oxygens (including phenoxy) is 1. The van der Waals surface area contributed by atoms with Crippen molar-refractivity contribution in [1.29, 1.82) is 0 Å². The van der Waals surface area contributed by atoms with Gasteiger partial charge in [0.2, 0.25) is 0 Å². The van der Waals surface area contributed by atoms with Crippen LogP contribution in [0.4, 0.5) is 4.79 Å². The van der Waals surface area contributed by atoms with Crippen LogP contribution >= 0.6 is 0 Å². The van der Waals surface area contributed by atoms with Gasteiger partial charge in [-0.2, -0.15) is 0 Å². The number of carbonyl (C=O) groups is 2. The van der Waals surface area contributed by atoms with Crippen molar-refractivity contribution in [3.05, 3.63) is 0 Å². The van der Waals surface area contributed by atoms with Crippen molar-refractivity contribution in [2.45, 2.75) is 51.7 Å². The number of Topliss-reactive ketones (excluding diaryl/α,β-unsaturated/α-hetero) is 1. The van der Waals surface area contributed by atoms with Gasteiger partial charge in [-0.3, -0.25) is 4.79 Å². The first-order valence-electron chi connectivity index (χ1n) is 5.89. The van der Waals surface area contributed by atoms with Crippen molar-refractivity contribution in [3.8, 4) is 0 Å². The Labute approximate surface area is 95.9 Å². The number of nitrogens with zero attached hydrogens (tertiary/aromatic N) is 1. The molecule has 16 heavy (non-hydrogen) atoms. The first-order valence-corrected chi connectivity index (χ1v) is 5.89. The van der Waals surface area contributed by atoms with Gasteiger partial charge in [0.05, 0.1) is 0 Å². The molecule has 0 N–H and O–H groups in total. The molecule has 3 fully saturated rings. The maximum atomic E-state index is 11.9. The number of ketones is 1. The van der Waals surface area contributed by atoms with Crippen LogP contribution in [0, 0.1) is 5.92 Å². The van der Waals surface area contributed by atoms with Gasteiger partial charge in [0.1, 0.15) is 11.4 Å². The molecular formula is C12H19NO3. The van der Waals surface area contributed by atoms with E-state index in [-0.39, 0.29) is 18.1 Å². The minimum absolute atomic E-state index is 0.0533. The van der Waals surface area contributed by atoms with Gasteiger partial charge in [0.25, 0.3) is 0 Å². The highest BCUT2D eigenvalue weighted by Gasteiger charge is 2.42. The molecule has 2 bridgehead atoms. The molecule has 2 aliphatic heterocycles. The van der Waals surface area contributed by atoms with E-state index in [1.165, 1.54) is 0 Å². The molecule has 2 saturated heterocycles. The third-order valence-electron chi connectivity index (χ3n) is 3.23. The Morgan fingerprint density at radius 2 is 2.06 bits per heavy atom. The number of amides is 1. The van der Waals surface area contributed by atoms with Crippen molar-refractivity contribution >= 4 is 11.9 Å². The van der Waals surface area contributed by atoms with E-state index in [4.69, 9.17) is 4.74 Å². The lowest BCUT2D eigenvalue weighted by atomic mass is 9.79. The summed E-state index contributed by atoms with van der Waals surface area (Å²) in [5, 5.41) is 0. The highest BCUT2D eigenvalue weighted by atomic mass is 16.6. The standard InChI is InChI=1S/C12H19NO3/c1-12(2,3)16-11(15)13-7-8-4-5-9(13)6-10(8)14/h8-9H,4-7H2,1-3H3/t8-,9-/m0/s1. The zero-order chi connectivity index (χ0) is 11.9. The van der Waals surface area contributed by atoms with E-state index in [2.05, 4.69) is 0 Å². The van der Waals surface area contributed by atoms with Gasteiger partial charge in [-0.15, -0.1) is 0 Å². The quantitative estimate of drug-likeness (QED) is 0.633. The predicted octanol–water partition coefficient (Wildman–Crippen LogP) is 1.97. The molecule has 3 aliphatic rings. The van der Waals surface area contributed by atoms with E-state index >= 15 is 0 Å². The lowest BCUT2D eigenvalue weighted by Gasteiger charge is -2.44. The molecule has 4 heteroatoms. The average molecular weight is 225 g/mol. The van der Waals surface area contributed by atoms with Crippen LogP contribution in [-0.4, -0.2) is 35.0 Å². The van der Waals surface area contributed by atoms with Crippen LogP contribution in [0.25, 0.3) is 0 Å². The highest BCUT2D eigenvalue weighted by molar-refractivity contribution is 5.85. The molecule has 1 saturated carbocycles. The fraction of sp³-hybridized carbons (Fsp3) is 0.833. The molecular weight excluding hydrogens is 206 g/mol. The van der Waals surface area contributed by atoms with Gasteiger partial charge >= 0.3 is 6.09 Å². The minimum Gasteiger partial charge on any atom is -0.444 e. The fourth-order valence-corrected chi connectivity index (χ4v) is 2.45. The number of hydrogen-bond donors (Lipinski definition) is 0. The SMILES string of the molecule is CC(C)(C)OC(=O)N1C[C@@H]2CC[C@H]1CC2=O. The molecule has 0 aromatic rings. The smallest absolute Gasteiger partial charge is 0.410 e. The molecule has 4 nitrogen and oxygen atoms in total. The summed E-state index contributed by atoms with van der Waals surface area (Å²) < 4.78 is 5.34. The van der Waals surface area contributed by atoms with Gasteiger partial charge in [-0.1, -0.05) is 0 Å². The molecule has 0 aromatic heterocycles. The van der Waals surface area contributed by atoms with E-state index in [9.17, 15) is 9.59 Å². The monoisotopic (exact) mass is 225 g/mol. The zero-order valence-electron chi connectivity index (χ0n) is 10.2. The minimum atomic E-state index is -0.461. The van der Waals surface area contributed by atoms with E-state index in [1.807, 2.05) is 20.8 Å². The molecule has 1 aliphatic carbocycles. The maximum Gasteiger partial charge on any atom is 0.410 e. The molecule has 90 valence electrons. The third-order valence-corrected chi connectivity index (χ3v) is 3.23. The summed E-state index contributed by atoms with van der Waals surface area (Å²) in [6.07, 6.45) is 2.12. The summed E-state index contributed by atoms with van der Waals surface area (Å²) in [5.41, 5.74) is -0.461. The number of hydrogen-bond acceptors (Lipinski definition) is 3. The van der Waals surface area contributed by atoms with E-state index < -0.39 is 5.60 Å². The fourth-order valence-electron chi connectivity index (χ4n) is 2.45. The summed E-state index contributed by atoms with van der Waals surface area (Å²) >= 11 is 0. The topological polar surface area (TPSA) is 46.6 Å². The van der Waals surface area contributed by atoms with E-state index in [0.29, 0.717) is 18.7 Å². The van der Waals surface area contributed by atoms with Gasteiger partial charge in [-0.25, -0.2) is 4.79 Å². The van der Waals surface area contributed by atoms with Crippen LogP contribution in [0.1, 0.15) is 40.0 Å². The van der Waals surface area contributed by atoms with Crippen LogP contribution in [0.5, 0.6) is 0 Å². The Hall–Kier alpha value is -1.06. The summed E-state index contributed by atoms with van der Waals surface area (Å²) in [6.45, 7) is 6.13.